The molecule has 10 heteroatoms. The van der Waals surface area contributed by atoms with Crippen molar-refractivity contribution in [3.8, 4) is 0 Å². The summed E-state index contributed by atoms with van der Waals surface area (Å²) in [4.78, 5) is 41.4. The molecule has 3 rings (SSSR count). The van der Waals surface area contributed by atoms with Gasteiger partial charge in [0.05, 0.1) is 17.9 Å². The van der Waals surface area contributed by atoms with E-state index in [1.54, 1.807) is 17.3 Å². The van der Waals surface area contributed by atoms with Gasteiger partial charge >= 0.3 is 6.09 Å². The van der Waals surface area contributed by atoms with Gasteiger partial charge in [0.1, 0.15) is 6.10 Å². The Morgan fingerprint density at radius 3 is 2.41 bits per heavy atom. The van der Waals surface area contributed by atoms with E-state index in [4.69, 9.17) is 4.74 Å². The molecule has 10 nitrogen and oxygen atoms in total. The van der Waals surface area contributed by atoms with Gasteiger partial charge in [0.2, 0.25) is 11.8 Å². The molecular weight excluding hydrogens is 416 g/mol. The number of hydrogen-bond donors (Lipinski definition) is 4. The van der Waals surface area contributed by atoms with Crippen molar-refractivity contribution >= 4 is 23.6 Å². The minimum atomic E-state index is -0.789. The van der Waals surface area contributed by atoms with Gasteiger partial charge in [-0.3, -0.25) is 14.8 Å². The van der Waals surface area contributed by atoms with Crippen molar-refractivity contribution in [2.24, 2.45) is 11.8 Å². The number of amides is 3. The summed E-state index contributed by atoms with van der Waals surface area (Å²) in [7, 11) is 0. The Morgan fingerprint density at radius 2 is 1.78 bits per heavy atom. The summed E-state index contributed by atoms with van der Waals surface area (Å²) in [5, 5.41) is 20.9. The maximum Gasteiger partial charge on any atom is 0.407 e. The number of piperazine rings is 1. The Morgan fingerprint density at radius 1 is 1.09 bits per heavy atom. The van der Waals surface area contributed by atoms with Crippen molar-refractivity contribution in [1.29, 1.82) is 0 Å². The van der Waals surface area contributed by atoms with Crippen molar-refractivity contribution in [2.75, 3.05) is 37.6 Å². The van der Waals surface area contributed by atoms with Gasteiger partial charge in [0.15, 0.2) is 0 Å². The Kier molecular flexibility index (Phi) is 8.29. The molecule has 1 saturated carbocycles. The number of nitrogens with zero attached hydrogens (tertiary/aromatic N) is 2. The fourth-order valence-corrected chi connectivity index (χ4v) is 4.39. The number of nitrogens with one attached hydrogen (secondary N) is 2. The van der Waals surface area contributed by atoms with Crippen molar-refractivity contribution in [2.45, 2.75) is 38.4 Å². The molecule has 176 valence electrons. The predicted molar refractivity (Wildman–Crippen MR) is 116 cm³/mol. The van der Waals surface area contributed by atoms with Gasteiger partial charge in [-0.25, -0.2) is 10.3 Å². The van der Waals surface area contributed by atoms with Gasteiger partial charge in [-0.2, -0.15) is 0 Å². The molecule has 0 radical (unpaired) electrons. The highest BCUT2D eigenvalue weighted by Crippen LogP contribution is 2.34. The molecule has 1 aliphatic heterocycles. The van der Waals surface area contributed by atoms with Crippen LogP contribution in [-0.2, 0) is 14.3 Å². The number of benzene rings is 1. The van der Waals surface area contributed by atoms with Gasteiger partial charge in [-0.1, -0.05) is 18.2 Å². The molecule has 2 fully saturated rings. The van der Waals surface area contributed by atoms with Gasteiger partial charge < -0.3 is 25.0 Å². The predicted octanol–water partition coefficient (Wildman–Crippen LogP) is 0.733. The van der Waals surface area contributed by atoms with Crippen LogP contribution in [-0.4, -0.2) is 78.1 Å². The maximum atomic E-state index is 13.2. The number of hydrogen-bond acceptors (Lipinski definition) is 7. The number of carbonyl (C=O) groups excluding carboxylic acids is 3. The summed E-state index contributed by atoms with van der Waals surface area (Å²) < 4.78 is 5.35. The molecule has 1 aromatic rings. The lowest BCUT2D eigenvalue weighted by atomic mass is 9.76. The summed E-state index contributed by atoms with van der Waals surface area (Å²) in [6.45, 7) is 4.11. The van der Waals surface area contributed by atoms with Crippen molar-refractivity contribution in [3.63, 3.8) is 0 Å². The van der Waals surface area contributed by atoms with Gasteiger partial charge in [0, 0.05) is 38.4 Å². The number of hydroxylamine groups is 1. The normalized spacial score (nSPS) is 24.4. The number of ether oxygens (including phenoxy) is 1. The largest absolute Gasteiger partial charge is 0.446 e. The molecule has 4 N–H and O–H groups in total. The van der Waals surface area contributed by atoms with E-state index >= 15 is 0 Å². The lowest BCUT2D eigenvalue weighted by Crippen LogP contribution is -2.53. The topological polar surface area (TPSA) is 131 Å². The van der Waals surface area contributed by atoms with Crippen LogP contribution >= 0.6 is 0 Å². The summed E-state index contributed by atoms with van der Waals surface area (Å²) in [5.41, 5.74) is 2.77. The third-order valence-electron chi connectivity index (χ3n) is 6.09. The molecule has 1 aromatic carbocycles. The van der Waals surface area contributed by atoms with Crippen LogP contribution < -0.4 is 15.7 Å². The van der Waals surface area contributed by atoms with Crippen LogP contribution in [0.2, 0.25) is 0 Å². The maximum absolute atomic E-state index is 13.2. The van der Waals surface area contributed by atoms with E-state index in [0.29, 0.717) is 39.0 Å². The van der Waals surface area contributed by atoms with Crippen LogP contribution in [0.4, 0.5) is 10.5 Å². The average molecular weight is 449 g/mol. The fraction of sp³-hybridized carbons (Fsp3) is 0.591. The molecule has 3 amide bonds. The molecule has 1 saturated heterocycles. The quantitative estimate of drug-likeness (QED) is 0.373. The number of aliphatic hydroxyl groups excluding tert-OH is 1. The fourth-order valence-electron chi connectivity index (χ4n) is 4.39. The number of carbonyl (C=O) groups is 3. The van der Waals surface area contributed by atoms with Gasteiger partial charge in [0.25, 0.3) is 0 Å². The molecule has 1 heterocycles. The number of para-hydroxylation sites is 1. The zero-order chi connectivity index (χ0) is 23.1. The zero-order valence-electron chi connectivity index (χ0n) is 18.3. The van der Waals surface area contributed by atoms with Crippen molar-refractivity contribution in [3.05, 3.63) is 30.3 Å². The third kappa shape index (κ3) is 6.10. The average Bonchev–Trinajstić information content (AvgIpc) is 2.82. The van der Waals surface area contributed by atoms with Crippen LogP contribution in [0.5, 0.6) is 0 Å². The Bertz CT molecular complexity index is 782. The van der Waals surface area contributed by atoms with Crippen LogP contribution in [0.3, 0.4) is 0 Å². The SMILES string of the molecule is C[C@@H](O)CNC(=O)O[C@@H]1CC[C@H](C(=O)N2CCN(c3ccccc3)CC2)[C@@H](C(=O)NO)C1. The second-order valence-electron chi connectivity index (χ2n) is 8.41. The lowest BCUT2D eigenvalue weighted by Gasteiger charge is -2.40. The van der Waals surface area contributed by atoms with E-state index in [1.165, 1.54) is 0 Å². The lowest BCUT2D eigenvalue weighted by molar-refractivity contribution is -0.149. The van der Waals surface area contributed by atoms with Crippen LogP contribution in [0, 0.1) is 11.8 Å². The van der Waals surface area contributed by atoms with Crippen molar-refractivity contribution < 1.29 is 29.4 Å². The summed E-state index contributed by atoms with van der Waals surface area (Å²) in [5.74, 6) is -2.12. The second kappa shape index (κ2) is 11.1. The Hall–Kier alpha value is -2.85. The molecule has 2 aliphatic rings. The van der Waals surface area contributed by atoms with Crippen molar-refractivity contribution in [1.82, 2.24) is 15.7 Å². The highest BCUT2D eigenvalue weighted by atomic mass is 16.6. The Balaban J connectivity index is 1.57. The van der Waals surface area contributed by atoms with E-state index < -0.39 is 36.0 Å². The van der Waals surface area contributed by atoms with Crippen LogP contribution in [0.25, 0.3) is 0 Å². The first kappa shape index (κ1) is 23.8. The van der Waals surface area contributed by atoms with E-state index in [-0.39, 0.29) is 18.9 Å². The second-order valence-corrected chi connectivity index (χ2v) is 8.41. The van der Waals surface area contributed by atoms with Crippen LogP contribution in [0.15, 0.2) is 30.3 Å². The molecule has 0 aromatic heterocycles. The number of anilines is 1. The number of alkyl carbamates (subject to hydrolysis) is 1. The molecule has 32 heavy (non-hydrogen) atoms. The summed E-state index contributed by atoms with van der Waals surface area (Å²) >= 11 is 0. The first-order chi connectivity index (χ1) is 15.4. The first-order valence-electron chi connectivity index (χ1n) is 11.0. The van der Waals surface area contributed by atoms with Gasteiger partial charge in [-0.05, 0) is 38.3 Å². The van der Waals surface area contributed by atoms with E-state index in [1.807, 2.05) is 30.3 Å². The highest BCUT2D eigenvalue weighted by Gasteiger charge is 2.42. The minimum absolute atomic E-state index is 0.0577. The molecule has 1 aliphatic carbocycles. The first-order valence-corrected chi connectivity index (χ1v) is 11.0. The molecule has 4 atom stereocenters. The summed E-state index contributed by atoms with van der Waals surface area (Å²) in [6, 6.07) is 10.0. The zero-order valence-corrected chi connectivity index (χ0v) is 18.3. The Labute approximate surface area is 187 Å². The van der Waals surface area contributed by atoms with E-state index in [2.05, 4.69) is 10.2 Å². The van der Waals surface area contributed by atoms with Gasteiger partial charge in [-0.15, -0.1) is 0 Å². The number of rotatable bonds is 6. The minimum Gasteiger partial charge on any atom is -0.446 e. The van der Waals surface area contributed by atoms with E-state index in [9.17, 15) is 24.7 Å². The molecule has 0 unspecified atom stereocenters. The molecule has 0 bridgehead atoms. The molecular formula is C22H32N4O6. The van der Waals surface area contributed by atoms with E-state index in [0.717, 1.165) is 5.69 Å². The monoisotopic (exact) mass is 448 g/mol. The smallest absolute Gasteiger partial charge is 0.407 e. The molecule has 0 spiro atoms. The standard InChI is InChI=1S/C22H32N4O6/c1-15(27)14-23-22(30)32-17-7-8-18(19(13-17)20(28)24-31)21(29)26-11-9-25(10-12-26)16-5-3-2-4-6-16/h2-6,15,17-19,27,31H,7-14H2,1H3,(H,23,30)(H,24,28)/t15-,17-,18+,19+/m1/s1. The summed E-state index contributed by atoms with van der Waals surface area (Å²) in [6.07, 6.45) is -0.964. The third-order valence-corrected chi connectivity index (χ3v) is 6.09. The highest BCUT2D eigenvalue weighted by molar-refractivity contribution is 5.87. The van der Waals surface area contributed by atoms with Crippen LogP contribution in [0.1, 0.15) is 26.2 Å². The number of aliphatic hydroxyl groups is 1.